The first-order valence-electron chi connectivity index (χ1n) is 5.31. The van der Waals surface area contributed by atoms with Gasteiger partial charge in [0.1, 0.15) is 12.1 Å². The predicted octanol–water partition coefficient (Wildman–Crippen LogP) is 1.88. The average Bonchev–Trinajstić information content (AvgIpc) is 2.69. The van der Waals surface area contributed by atoms with Gasteiger partial charge in [0.25, 0.3) is 0 Å². The van der Waals surface area contributed by atoms with Crippen LogP contribution in [0.2, 0.25) is 0 Å². The molecule has 5 nitrogen and oxygen atoms in total. The molecule has 88 valence electrons. The van der Waals surface area contributed by atoms with Gasteiger partial charge in [0.15, 0.2) is 5.65 Å². The Hall–Kier alpha value is -1.15. The molecule has 0 fully saturated rings. The van der Waals surface area contributed by atoms with Crippen molar-refractivity contribution in [2.45, 2.75) is 6.42 Å². The number of anilines is 1. The molecule has 17 heavy (non-hydrogen) atoms. The minimum absolute atomic E-state index is 0.533. The van der Waals surface area contributed by atoms with Gasteiger partial charge in [0.05, 0.1) is 18.6 Å². The number of rotatable bonds is 1. The predicted molar refractivity (Wildman–Crippen MR) is 74.4 cm³/mol. The van der Waals surface area contributed by atoms with Crippen LogP contribution in [-0.4, -0.2) is 27.7 Å². The lowest BCUT2D eigenvalue weighted by atomic mass is 10.2. The van der Waals surface area contributed by atoms with Crippen LogP contribution in [0.3, 0.4) is 0 Å². The number of ether oxygens (including phenoxy) is 1. The van der Waals surface area contributed by atoms with Gasteiger partial charge in [-0.1, -0.05) is 0 Å². The van der Waals surface area contributed by atoms with Crippen LogP contribution in [0.25, 0.3) is 16.7 Å². The molecule has 0 saturated heterocycles. The molecule has 0 saturated carbocycles. The first kappa shape index (κ1) is 11.0. The van der Waals surface area contributed by atoms with Crippen LogP contribution in [0.5, 0.6) is 0 Å². The third kappa shape index (κ3) is 1.81. The van der Waals surface area contributed by atoms with E-state index < -0.39 is 0 Å². The SMILES string of the molecule is Nc1ncnc2c1c(I)cn2C1=CCOCC1. The summed E-state index contributed by atoms with van der Waals surface area (Å²) in [6.45, 7) is 1.41. The third-order valence-electron chi connectivity index (χ3n) is 2.81. The number of nitrogen functional groups attached to an aromatic ring is 1. The van der Waals surface area contributed by atoms with E-state index in [1.54, 1.807) is 0 Å². The number of nitrogens with two attached hydrogens (primary N) is 1. The molecule has 2 N–H and O–H groups in total. The number of halogens is 1. The van der Waals surface area contributed by atoms with Crippen LogP contribution < -0.4 is 5.73 Å². The molecule has 2 aromatic rings. The van der Waals surface area contributed by atoms with Crippen molar-refractivity contribution in [3.8, 4) is 0 Å². The highest BCUT2D eigenvalue weighted by Gasteiger charge is 2.15. The summed E-state index contributed by atoms with van der Waals surface area (Å²) in [6.07, 6.45) is 6.53. The zero-order valence-electron chi connectivity index (χ0n) is 9.06. The summed E-state index contributed by atoms with van der Waals surface area (Å²) in [5.41, 5.74) is 7.97. The molecule has 0 spiro atoms. The van der Waals surface area contributed by atoms with Crippen molar-refractivity contribution < 1.29 is 4.74 Å². The minimum Gasteiger partial charge on any atom is -0.383 e. The van der Waals surface area contributed by atoms with E-state index >= 15 is 0 Å². The van der Waals surface area contributed by atoms with Crippen LogP contribution in [0, 0.1) is 3.57 Å². The van der Waals surface area contributed by atoms with E-state index in [4.69, 9.17) is 10.5 Å². The molecule has 6 heteroatoms. The summed E-state index contributed by atoms with van der Waals surface area (Å²) >= 11 is 2.26. The number of fused-ring (bicyclic) bond motifs is 1. The van der Waals surface area contributed by atoms with E-state index in [0.717, 1.165) is 27.6 Å². The highest BCUT2D eigenvalue weighted by molar-refractivity contribution is 14.1. The first-order chi connectivity index (χ1) is 8.27. The maximum Gasteiger partial charge on any atom is 0.150 e. The molecule has 0 aromatic carbocycles. The Bertz CT molecular complexity index is 605. The maximum atomic E-state index is 5.89. The van der Waals surface area contributed by atoms with Crippen LogP contribution in [0.1, 0.15) is 6.42 Å². The van der Waals surface area contributed by atoms with E-state index in [9.17, 15) is 0 Å². The summed E-state index contributed by atoms with van der Waals surface area (Å²) in [5, 5.41) is 0.931. The summed E-state index contributed by atoms with van der Waals surface area (Å²) in [5.74, 6) is 0.533. The van der Waals surface area contributed by atoms with E-state index in [2.05, 4.69) is 43.2 Å². The van der Waals surface area contributed by atoms with Gasteiger partial charge in [-0.15, -0.1) is 0 Å². The second kappa shape index (κ2) is 4.26. The Balaban J connectivity index is 2.24. The summed E-state index contributed by atoms with van der Waals surface area (Å²) in [6, 6.07) is 0. The molecular formula is C11H11IN4O. The van der Waals surface area contributed by atoms with E-state index in [0.29, 0.717) is 12.4 Å². The van der Waals surface area contributed by atoms with Gasteiger partial charge in [0, 0.05) is 21.9 Å². The Morgan fingerprint density at radius 3 is 3.06 bits per heavy atom. The molecule has 0 atom stereocenters. The summed E-state index contributed by atoms with van der Waals surface area (Å²) in [4.78, 5) is 8.35. The van der Waals surface area contributed by atoms with Crippen LogP contribution in [-0.2, 0) is 4.74 Å². The molecule has 0 amide bonds. The quantitative estimate of drug-likeness (QED) is 0.804. The highest BCUT2D eigenvalue weighted by atomic mass is 127. The van der Waals surface area contributed by atoms with Crippen molar-refractivity contribution in [1.29, 1.82) is 0 Å². The minimum atomic E-state index is 0.533. The van der Waals surface area contributed by atoms with Gasteiger partial charge in [-0.2, -0.15) is 0 Å². The second-order valence-corrected chi connectivity index (χ2v) is 4.99. The Morgan fingerprint density at radius 2 is 2.29 bits per heavy atom. The van der Waals surface area contributed by atoms with Gasteiger partial charge in [-0.05, 0) is 28.7 Å². The van der Waals surface area contributed by atoms with Crippen molar-refractivity contribution in [3.63, 3.8) is 0 Å². The maximum absolute atomic E-state index is 5.89. The van der Waals surface area contributed by atoms with E-state index in [-0.39, 0.29) is 0 Å². The topological polar surface area (TPSA) is 66.0 Å². The van der Waals surface area contributed by atoms with Crippen LogP contribution >= 0.6 is 22.6 Å². The van der Waals surface area contributed by atoms with Gasteiger partial charge in [0.2, 0.25) is 0 Å². The zero-order chi connectivity index (χ0) is 11.8. The molecule has 1 aliphatic heterocycles. The molecule has 0 bridgehead atoms. The van der Waals surface area contributed by atoms with Gasteiger partial charge in [-0.25, -0.2) is 9.97 Å². The molecule has 2 aromatic heterocycles. The number of hydrogen-bond donors (Lipinski definition) is 1. The Kier molecular flexibility index (Phi) is 2.75. The average molecular weight is 342 g/mol. The molecule has 0 radical (unpaired) electrons. The fourth-order valence-electron chi connectivity index (χ4n) is 2.00. The molecule has 3 rings (SSSR count). The van der Waals surface area contributed by atoms with Gasteiger partial charge >= 0.3 is 0 Å². The fourth-order valence-corrected chi connectivity index (χ4v) is 2.79. The molecule has 3 heterocycles. The van der Waals surface area contributed by atoms with Crippen molar-refractivity contribution in [2.75, 3.05) is 18.9 Å². The molecule has 1 aliphatic rings. The zero-order valence-corrected chi connectivity index (χ0v) is 11.2. The Morgan fingerprint density at radius 1 is 1.41 bits per heavy atom. The summed E-state index contributed by atoms with van der Waals surface area (Å²) in [7, 11) is 0. The first-order valence-corrected chi connectivity index (χ1v) is 6.39. The molecule has 0 unspecified atom stereocenters. The van der Waals surface area contributed by atoms with E-state index in [1.807, 2.05) is 6.20 Å². The monoisotopic (exact) mass is 342 g/mol. The molecular weight excluding hydrogens is 331 g/mol. The lowest BCUT2D eigenvalue weighted by molar-refractivity contribution is 0.160. The number of aromatic nitrogens is 3. The lowest BCUT2D eigenvalue weighted by Gasteiger charge is -2.15. The standard InChI is InChI=1S/C11H11IN4O/c12-8-5-16(7-1-3-17-4-2-7)11-9(8)10(13)14-6-15-11/h1,5-6H,2-4H2,(H2,13,14,15). The van der Waals surface area contributed by atoms with Crippen molar-refractivity contribution in [2.24, 2.45) is 0 Å². The van der Waals surface area contributed by atoms with E-state index in [1.165, 1.54) is 12.0 Å². The second-order valence-electron chi connectivity index (χ2n) is 3.82. The van der Waals surface area contributed by atoms with Gasteiger partial charge in [-0.3, -0.25) is 0 Å². The van der Waals surface area contributed by atoms with Crippen molar-refractivity contribution in [3.05, 3.63) is 22.2 Å². The normalized spacial score (nSPS) is 16.2. The lowest BCUT2D eigenvalue weighted by Crippen LogP contribution is -2.08. The van der Waals surface area contributed by atoms with Crippen LogP contribution in [0.15, 0.2) is 18.6 Å². The van der Waals surface area contributed by atoms with Gasteiger partial charge < -0.3 is 15.0 Å². The third-order valence-corrected chi connectivity index (χ3v) is 3.63. The van der Waals surface area contributed by atoms with Crippen molar-refractivity contribution >= 4 is 45.1 Å². The Labute approximate surface area is 112 Å². The number of nitrogens with zero attached hydrogens (tertiary/aromatic N) is 3. The van der Waals surface area contributed by atoms with Crippen LogP contribution in [0.4, 0.5) is 5.82 Å². The van der Waals surface area contributed by atoms with Crippen molar-refractivity contribution in [1.82, 2.24) is 14.5 Å². The summed E-state index contributed by atoms with van der Waals surface area (Å²) < 4.78 is 8.47. The fraction of sp³-hybridized carbons (Fsp3) is 0.273. The highest BCUT2D eigenvalue weighted by Crippen LogP contribution is 2.28. The number of hydrogen-bond acceptors (Lipinski definition) is 4. The molecule has 0 aliphatic carbocycles. The largest absolute Gasteiger partial charge is 0.383 e. The smallest absolute Gasteiger partial charge is 0.150 e.